The Labute approximate surface area is 158 Å². The van der Waals surface area contributed by atoms with Crippen LogP contribution < -0.4 is 0 Å². The van der Waals surface area contributed by atoms with Crippen molar-refractivity contribution in [2.45, 2.75) is 26.2 Å². The van der Waals surface area contributed by atoms with Crippen molar-refractivity contribution in [2.75, 3.05) is 0 Å². The minimum atomic E-state index is 1.04. The van der Waals surface area contributed by atoms with Gasteiger partial charge >= 0.3 is 0 Å². The maximum atomic E-state index is 5.12. The van der Waals surface area contributed by atoms with E-state index < -0.39 is 0 Å². The van der Waals surface area contributed by atoms with Gasteiger partial charge in [-0.25, -0.2) is 4.98 Å². The predicted octanol–water partition coefficient (Wildman–Crippen LogP) is 5.97. The summed E-state index contributed by atoms with van der Waals surface area (Å²) in [7, 11) is 0. The zero-order valence-electron chi connectivity index (χ0n) is 15.4. The van der Waals surface area contributed by atoms with Gasteiger partial charge in [-0.15, -0.1) is 0 Å². The van der Waals surface area contributed by atoms with Crippen LogP contribution in [0.2, 0.25) is 0 Å². The zero-order chi connectivity index (χ0) is 18.0. The fourth-order valence-electron chi connectivity index (χ4n) is 4.73. The molecule has 0 N–H and O–H groups in total. The Balaban J connectivity index is 1.89. The number of benzene rings is 3. The highest BCUT2D eigenvalue weighted by Gasteiger charge is 2.24. The second-order valence-corrected chi connectivity index (χ2v) is 7.48. The van der Waals surface area contributed by atoms with E-state index in [2.05, 4.69) is 78.1 Å². The van der Waals surface area contributed by atoms with Gasteiger partial charge in [-0.1, -0.05) is 55.5 Å². The van der Waals surface area contributed by atoms with Gasteiger partial charge in [0.05, 0.1) is 16.6 Å². The molecule has 130 valence electrons. The van der Waals surface area contributed by atoms with Gasteiger partial charge in [0.15, 0.2) is 0 Å². The number of para-hydroxylation sites is 1. The van der Waals surface area contributed by atoms with Crippen LogP contribution in [0.15, 0.2) is 66.7 Å². The van der Waals surface area contributed by atoms with E-state index in [1.54, 1.807) is 0 Å². The molecule has 0 saturated heterocycles. The van der Waals surface area contributed by atoms with Gasteiger partial charge in [0, 0.05) is 10.9 Å². The third-order valence-corrected chi connectivity index (χ3v) is 6.05. The minimum absolute atomic E-state index is 1.04. The average Bonchev–Trinajstić information content (AvgIpc) is 3.12. The van der Waals surface area contributed by atoms with E-state index in [0.717, 1.165) is 30.4 Å². The molecule has 6 rings (SSSR count). The first-order valence-corrected chi connectivity index (χ1v) is 9.78. The SMILES string of the molecule is CCc1ccc2nc3c4c(c5ccccc5n3c2c1)CCc1ccccc1-4. The third-order valence-electron chi connectivity index (χ3n) is 6.05. The van der Waals surface area contributed by atoms with Crippen LogP contribution in [0.5, 0.6) is 0 Å². The smallest absolute Gasteiger partial charge is 0.146 e. The van der Waals surface area contributed by atoms with Crippen molar-refractivity contribution in [3.63, 3.8) is 0 Å². The van der Waals surface area contributed by atoms with Crippen molar-refractivity contribution in [3.05, 3.63) is 83.4 Å². The quantitative estimate of drug-likeness (QED) is 0.365. The molecule has 0 atom stereocenters. The summed E-state index contributed by atoms with van der Waals surface area (Å²) < 4.78 is 2.38. The van der Waals surface area contributed by atoms with Crippen molar-refractivity contribution >= 4 is 27.6 Å². The molecule has 1 aliphatic rings. The van der Waals surface area contributed by atoms with Crippen LogP contribution in [0.3, 0.4) is 0 Å². The second-order valence-electron chi connectivity index (χ2n) is 7.48. The van der Waals surface area contributed by atoms with E-state index in [1.165, 1.54) is 44.2 Å². The number of nitrogens with zero attached hydrogens (tertiary/aromatic N) is 2. The monoisotopic (exact) mass is 348 g/mol. The Kier molecular flexibility index (Phi) is 3.01. The van der Waals surface area contributed by atoms with Gasteiger partial charge in [-0.2, -0.15) is 0 Å². The molecule has 0 saturated carbocycles. The fraction of sp³-hybridized carbons (Fsp3) is 0.160. The highest BCUT2D eigenvalue weighted by Crippen LogP contribution is 2.41. The van der Waals surface area contributed by atoms with Gasteiger partial charge in [0.1, 0.15) is 5.65 Å². The molecular formula is C25H20N2. The van der Waals surface area contributed by atoms with Crippen LogP contribution in [-0.2, 0) is 19.3 Å². The number of hydrogen-bond donors (Lipinski definition) is 0. The van der Waals surface area contributed by atoms with Crippen molar-refractivity contribution in [1.82, 2.24) is 9.38 Å². The lowest BCUT2D eigenvalue weighted by Gasteiger charge is -2.22. The lowest BCUT2D eigenvalue weighted by Crippen LogP contribution is -2.07. The number of imidazole rings is 1. The van der Waals surface area contributed by atoms with E-state index in [4.69, 9.17) is 4.98 Å². The summed E-state index contributed by atoms with van der Waals surface area (Å²) >= 11 is 0. The Hall–Kier alpha value is -3.13. The molecule has 5 aromatic rings. The molecule has 0 aliphatic heterocycles. The van der Waals surface area contributed by atoms with E-state index in [0.29, 0.717) is 0 Å². The molecule has 3 aromatic carbocycles. The van der Waals surface area contributed by atoms with Crippen LogP contribution in [-0.4, -0.2) is 9.38 Å². The van der Waals surface area contributed by atoms with Gasteiger partial charge < -0.3 is 0 Å². The number of hydrogen-bond acceptors (Lipinski definition) is 1. The molecule has 0 bridgehead atoms. The summed E-state index contributed by atoms with van der Waals surface area (Å²) in [5.74, 6) is 0. The van der Waals surface area contributed by atoms with Crippen molar-refractivity contribution in [1.29, 1.82) is 0 Å². The van der Waals surface area contributed by atoms with Crippen molar-refractivity contribution < 1.29 is 0 Å². The van der Waals surface area contributed by atoms with Crippen LogP contribution >= 0.6 is 0 Å². The molecule has 0 fully saturated rings. The van der Waals surface area contributed by atoms with E-state index in [1.807, 2.05) is 0 Å². The topological polar surface area (TPSA) is 17.3 Å². The molecule has 2 nitrogen and oxygen atoms in total. The zero-order valence-corrected chi connectivity index (χ0v) is 15.4. The van der Waals surface area contributed by atoms with Crippen LogP contribution in [0.4, 0.5) is 0 Å². The minimum Gasteiger partial charge on any atom is -0.292 e. The largest absolute Gasteiger partial charge is 0.292 e. The van der Waals surface area contributed by atoms with Crippen LogP contribution in [0, 0.1) is 0 Å². The molecule has 0 amide bonds. The van der Waals surface area contributed by atoms with Gasteiger partial charge in [0.2, 0.25) is 0 Å². The van der Waals surface area contributed by atoms with Gasteiger partial charge in [0.25, 0.3) is 0 Å². The van der Waals surface area contributed by atoms with Crippen LogP contribution in [0.1, 0.15) is 23.6 Å². The summed E-state index contributed by atoms with van der Waals surface area (Å²) in [6.07, 6.45) is 3.21. The summed E-state index contributed by atoms with van der Waals surface area (Å²) in [5.41, 5.74) is 11.6. The highest BCUT2D eigenvalue weighted by molar-refractivity contribution is 6.02. The Morgan fingerprint density at radius 1 is 0.889 bits per heavy atom. The van der Waals surface area contributed by atoms with Crippen molar-refractivity contribution in [2.24, 2.45) is 0 Å². The van der Waals surface area contributed by atoms with Gasteiger partial charge in [-0.3, -0.25) is 4.40 Å². The van der Waals surface area contributed by atoms with E-state index >= 15 is 0 Å². The maximum Gasteiger partial charge on any atom is 0.146 e. The maximum absolute atomic E-state index is 5.12. The first-order chi connectivity index (χ1) is 13.3. The summed E-state index contributed by atoms with van der Waals surface area (Å²) in [5, 5.41) is 1.36. The fourth-order valence-corrected chi connectivity index (χ4v) is 4.73. The standard InChI is InChI=1S/C25H20N2/c1-2-16-11-14-21-23(15-16)27-22-10-6-5-9-19(22)20-13-12-17-7-3-4-8-18(17)24(20)25(27)26-21/h3-11,14-15H,2,12-13H2,1H3. The third kappa shape index (κ3) is 1.98. The molecule has 2 aromatic heterocycles. The van der Waals surface area contributed by atoms with Crippen LogP contribution in [0.25, 0.3) is 38.7 Å². The van der Waals surface area contributed by atoms with E-state index in [-0.39, 0.29) is 0 Å². The number of pyridine rings is 1. The molecule has 2 heteroatoms. The highest BCUT2D eigenvalue weighted by atomic mass is 15.0. The molecular weight excluding hydrogens is 328 g/mol. The molecule has 0 spiro atoms. The van der Waals surface area contributed by atoms with E-state index in [9.17, 15) is 0 Å². The number of fused-ring (bicyclic) bond motifs is 10. The summed E-state index contributed by atoms with van der Waals surface area (Å²) in [6.45, 7) is 2.21. The Morgan fingerprint density at radius 2 is 1.74 bits per heavy atom. The lowest BCUT2D eigenvalue weighted by molar-refractivity contribution is 0.948. The molecule has 2 heterocycles. The second kappa shape index (κ2) is 5.43. The predicted molar refractivity (Wildman–Crippen MR) is 112 cm³/mol. The Bertz CT molecular complexity index is 1360. The molecule has 1 aliphatic carbocycles. The lowest BCUT2D eigenvalue weighted by atomic mass is 9.84. The summed E-state index contributed by atoms with van der Waals surface area (Å²) in [6, 6.07) is 24.3. The first-order valence-electron chi connectivity index (χ1n) is 9.78. The van der Waals surface area contributed by atoms with Crippen molar-refractivity contribution in [3.8, 4) is 11.1 Å². The average molecular weight is 348 g/mol. The number of aryl methyl sites for hydroxylation is 3. The molecule has 0 unspecified atom stereocenters. The Morgan fingerprint density at radius 3 is 2.67 bits per heavy atom. The molecule has 27 heavy (non-hydrogen) atoms. The van der Waals surface area contributed by atoms with Gasteiger partial charge in [-0.05, 0) is 59.7 Å². The normalized spacial score (nSPS) is 13.2. The first kappa shape index (κ1) is 15.0. The number of aromatic nitrogens is 2. The molecule has 0 radical (unpaired) electrons. The summed E-state index contributed by atoms with van der Waals surface area (Å²) in [4.78, 5) is 5.12. The number of rotatable bonds is 1.